The number of carbonyl (C=O) groups excluding carboxylic acids is 2. The third kappa shape index (κ3) is 3.61. The van der Waals surface area contributed by atoms with Crippen molar-refractivity contribution in [1.82, 2.24) is 19.4 Å². The second-order valence-corrected chi connectivity index (χ2v) is 11.5. The van der Waals surface area contributed by atoms with E-state index in [9.17, 15) is 24.3 Å². The summed E-state index contributed by atoms with van der Waals surface area (Å²) >= 11 is 0. The number of hydrogen-bond donors (Lipinski definition) is 3. The monoisotopic (exact) mass is 483 g/mol. The number of likely N-dealkylation sites (tertiary alicyclic amines) is 1. The number of fused-ring (bicyclic) bond motifs is 1. The Morgan fingerprint density at radius 3 is 2.57 bits per heavy atom. The van der Waals surface area contributed by atoms with Crippen molar-refractivity contribution in [3.63, 3.8) is 0 Å². The van der Waals surface area contributed by atoms with Crippen molar-refractivity contribution in [3.05, 3.63) is 28.7 Å². The summed E-state index contributed by atoms with van der Waals surface area (Å²) in [5.74, 6) is -0.342. The fraction of sp³-hybridized carbons (Fsp3) is 0.600. The summed E-state index contributed by atoms with van der Waals surface area (Å²) in [5, 5.41) is 15.4. The largest absolute Gasteiger partial charge is 0.465 e. The number of piperidine rings is 1. The number of aryl methyl sites for hydroxylation is 1. The van der Waals surface area contributed by atoms with Crippen LogP contribution in [0.4, 0.5) is 10.5 Å². The highest BCUT2D eigenvalue weighted by Gasteiger charge is 2.63. The first kappa shape index (κ1) is 23.4. The first-order chi connectivity index (χ1) is 16.4. The lowest BCUT2D eigenvalue weighted by Crippen LogP contribution is -2.74. The highest BCUT2D eigenvalue weighted by Crippen LogP contribution is 2.60. The third-order valence-corrected chi connectivity index (χ3v) is 8.04. The number of para-hydroxylation sites is 1. The van der Waals surface area contributed by atoms with Crippen LogP contribution in [0.15, 0.2) is 23.0 Å². The van der Waals surface area contributed by atoms with Crippen LogP contribution >= 0.6 is 0 Å². The second kappa shape index (κ2) is 7.86. The van der Waals surface area contributed by atoms with Gasteiger partial charge in [0.05, 0.1) is 16.7 Å². The molecule has 1 saturated carbocycles. The zero-order valence-electron chi connectivity index (χ0n) is 20.6. The minimum Gasteiger partial charge on any atom is -0.465 e. The van der Waals surface area contributed by atoms with Crippen LogP contribution in [-0.2, 0) is 16.6 Å². The number of carbonyl (C=O) groups is 3. The number of rotatable bonds is 4. The number of amides is 3. The molecule has 188 valence electrons. The molecule has 2 aliphatic heterocycles. The summed E-state index contributed by atoms with van der Waals surface area (Å²) in [6.45, 7) is 7.64. The van der Waals surface area contributed by atoms with Gasteiger partial charge in [-0.25, -0.2) is 9.59 Å². The number of carboxylic acid groups (broad SMARTS) is 1. The third-order valence-electron chi connectivity index (χ3n) is 8.04. The smallest absolute Gasteiger partial charge is 0.407 e. The number of aromatic nitrogens is 2. The number of nitrogens with one attached hydrogen (secondary N) is 2. The molecule has 3 aliphatic rings. The van der Waals surface area contributed by atoms with Gasteiger partial charge in [0, 0.05) is 38.0 Å². The van der Waals surface area contributed by atoms with Crippen LogP contribution in [0.2, 0.25) is 0 Å². The lowest BCUT2D eigenvalue weighted by molar-refractivity contribution is -0.169. The van der Waals surface area contributed by atoms with Crippen molar-refractivity contribution < 1.29 is 19.5 Å². The standard InChI is InChI=1S/C25H33N5O5/c1-24(2,3)21-25(13-29(21)23(34)35)10-14(11-25)12-26-15-6-5-7-16-19(15)28(4)22(33)30(16)17-8-9-18(31)27-20(17)32/h5-7,14,17,21,26H,8-13H2,1-4H3,(H,34,35)(H,27,31,32). The highest BCUT2D eigenvalue weighted by atomic mass is 16.4. The summed E-state index contributed by atoms with van der Waals surface area (Å²) in [7, 11) is 1.69. The van der Waals surface area contributed by atoms with Gasteiger partial charge in [0.2, 0.25) is 11.8 Å². The Labute approximate surface area is 203 Å². The summed E-state index contributed by atoms with van der Waals surface area (Å²) in [6.07, 6.45) is 1.60. The maximum Gasteiger partial charge on any atom is 0.407 e. The fourth-order valence-corrected chi connectivity index (χ4v) is 6.95. The molecule has 3 heterocycles. The van der Waals surface area contributed by atoms with Crippen LogP contribution in [0.3, 0.4) is 0 Å². The molecule has 3 N–H and O–H groups in total. The molecule has 1 aromatic heterocycles. The Kier molecular flexibility index (Phi) is 5.26. The summed E-state index contributed by atoms with van der Waals surface area (Å²) in [6, 6.07) is 4.93. The van der Waals surface area contributed by atoms with Crippen LogP contribution in [0.25, 0.3) is 11.0 Å². The quantitative estimate of drug-likeness (QED) is 0.574. The molecular formula is C25H33N5O5. The molecule has 1 spiro atoms. The van der Waals surface area contributed by atoms with Crippen molar-refractivity contribution in [2.24, 2.45) is 23.8 Å². The topological polar surface area (TPSA) is 126 Å². The van der Waals surface area contributed by atoms with E-state index in [4.69, 9.17) is 0 Å². The number of anilines is 1. The zero-order valence-corrected chi connectivity index (χ0v) is 20.6. The SMILES string of the molecule is Cn1c(=O)n(C2CCC(=O)NC2=O)c2cccc(NCC3CC4(C3)CN(C(=O)O)C4C(C)(C)C)c21. The van der Waals surface area contributed by atoms with E-state index in [-0.39, 0.29) is 34.9 Å². The van der Waals surface area contributed by atoms with Crippen molar-refractivity contribution in [1.29, 1.82) is 0 Å². The van der Waals surface area contributed by atoms with Gasteiger partial charge in [-0.1, -0.05) is 26.8 Å². The lowest BCUT2D eigenvalue weighted by Gasteiger charge is -2.67. The van der Waals surface area contributed by atoms with E-state index in [1.165, 1.54) is 4.57 Å². The van der Waals surface area contributed by atoms with Crippen molar-refractivity contribution in [2.45, 2.75) is 58.5 Å². The van der Waals surface area contributed by atoms with Crippen LogP contribution in [-0.4, -0.2) is 56.2 Å². The molecule has 2 unspecified atom stereocenters. The fourth-order valence-electron chi connectivity index (χ4n) is 6.95. The molecule has 10 nitrogen and oxygen atoms in total. The Morgan fingerprint density at radius 1 is 1.23 bits per heavy atom. The summed E-state index contributed by atoms with van der Waals surface area (Å²) in [5.41, 5.74) is 1.86. The predicted molar refractivity (Wildman–Crippen MR) is 130 cm³/mol. The molecule has 2 aromatic rings. The van der Waals surface area contributed by atoms with Gasteiger partial charge in [-0.05, 0) is 42.7 Å². The van der Waals surface area contributed by atoms with Crippen molar-refractivity contribution >= 4 is 34.6 Å². The van der Waals surface area contributed by atoms with Gasteiger partial charge in [0.15, 0.2) is 0 Å². The molecule has 3 fully saturated rings. The van der Waals surface area contributed by atoms with Gasteiger partial charge < -0.3 is 15.3 Å². The maximum absolute atomic E-state index is 13.1. The van der Waals surface area contributed by atoms with Crippen molar-refractivity contribution in [3.8, 4) is 0 Å². The average molecular weight is 484 g/mol. The Balaban J connectivity index is 1.33. The van der Waals surface area contributed by atoms with Gasteiger partial charge >= 0.3 is 11.8 Å². The molecule has 3 amide bonds. The molecule has 0 radical (unpaired) electrons. The number of hydrogen-bond acceptors (Lipinski definition) is 5. The second-order valence-electron chi connectivity index (χ2n) is 11.5. The molecule has 1 aromatic carbocycles. The molecule has 0 bridgehead atoms. The normalized spacial score (nSPS) is 28.6. The van der Waals surface area contributed by atoms with E-state index in [2.05, 4.69) is 31.4 Å². The number of nitrogens with zero attached hydrogens (tertiary/aromatic N) is 3. The van der Waals surface area contributed by atoms with E-state index in [1.807, 2.05) is 18.2 Å². The molecule has 10 heteroatoms. The first-order valence-electron chi connectivity index (χ1n) is 12.2. The predicted octanol–water partition coefficient (Wildman–Crippen LogP) is 2.53. The highest BCUT2D eigenvalue weighted by molar-refractivity contribution is 6.00. The van der Waals surface area contributed by atoms with E-state index in [1.54, 1.807) is 16.5 Å². The van der Waals surface area contributed by atoms with E-state index in [0.717, 1.165) is 30.6 Å². The number of benzene rings is 1. The Bertz CT molecular complexity index is 1280. The van der Waals surface area contributed by atoms with E-state index in [0.29, 0.717) is 24.4 Å². The molecule has 5 rings (SSSR count). The van der Waals surface area contributed by atoms with E-state index >= 15 is 0 Å². The average Bonchev–Trinajstić information content (AvgIpc) is 2.96. The minimum absolute atomic E-state index is 0.0237. The first-order valence-corrected chi connectivity index (χ1v) is 12.2. The minimum atomic E-state index is -0.842. The van der Waals surface area contributed by atoms with Crippen LogP contribution in [0.5, 0.6) is 0 Å². The van der Waals surface area contributed by atoms with Gasteiger partial charge in [-0.2, -0.15) is 0 Å². The molecular weight excluding hydrogens is 450 g/mol. The van der Waals surface area contributed by atoms with Gasteiger partial charge in [0.25, 0.3) is 0 Å². The number of imidazole rings is 1. The Morgan fingerprint density at radius 2 is 1.94 bits per heavy atom. The maximum atomic E-state index is 13.1. The van der Waals surface area contributed by atoms with Crippen LogP contribution in [0.1, 0.15) is 52.5 Å². The van der Waals surface area contributed by atoms with Crippen molar-refractivity contribution in [2.75, 3.05) is 18.4 Å². The summed E-state index contributed by atoms with van der Waals surface area (Å²) < 4.78 is 3.04. The molecule has 2 saturated heterocycles. The molecule has 2 atom stereocenters. The zero-order chi connectivity index (χ0) is 25.3. The van der Waals surface area contributed by atoms with Crippen LogP contribution < -0.4 is 16.3 Å². The van der Waals surface area contributed by atoms with Gasteiger partial charge in [-0.15, -0.1) is 0 Å². The van der Waals surface area contributed by atoms with Gasteiger partial charge in [0.1, 0.15) is 6.04 Å². The summed E-state index contributed by atoms with van der Waals surface area (Å²) in [4.78, 5) is 50.3. The Hall–Kier alpha value is -3.30. The van der Waals surface area contributed by atoms with Crippen LogP contribution in [0, 0.1) is 16.7 Å². The molecule has 1 aliphatic carbocycles. The van der Waals surface area contributed by atoms with Gasteiger partial charge in [-0.3, -0.25) is 24.0 Å². The number of imide groups is 1. The molecule has 35 heavy (non-hydrogen) atoms. The lowest BCUT2D eigenvalue weighted by atomic mass is 9.49. The van der Waals surface area contributed by atoms with E-state index < -0.39 is 18.0 Å².